The normalized spacial score (nSPS) is 49.8. The molecule has 7 nitrogen and oxygen atoms in total. The average Bonchev–Trinajstić information content (AvgIpc) is 3.33. The third-order valence-corrected chi connectivity index (χ3v) is 14.9. The van der Waals surface area contributed by atoms with Gasteiger partial charge in [0.1, 0.15) is 30.2 Å². The Kier molecular flexibility index (Phi) is 9.17. The van der Waals surface area contributed by atoms with E-state index in [1.165, 1.54) is 24.8 Å². The van der Waals surface area contributed by atoms with Crippen molar-refractivity contribution in [3.8, 4) is 0 Å². The highest BCUT2D eigenvalue weighted by Crippen LogP contribution is 2.75. The zero-order chi connectivity index (χ0) is 32.6. The molecule has 14 atom stereocenters. The van der Waals surface area contributed by atoms with Gasteiger partial charge >= 0.3 is 0 Å². The molecule has 0 aromatic heterocycles. The van der Waals surface area contributed by atoms with Crippen molar-refractivity contribution >= 4 is 5.78 Å². The van der Waals surface area contributed by atoms with Crippen LogP contribution < -0.4 is 0 Å². The van der Waals surface area contributed by atoms with Crippen LogP contribution in [-0.4, -0.2) is 69.1 Å². The molecule has 0 radical (unpaired) electrons. The molecule has 1 heterocycles. The monoisotopic (exact) mass is 618 g/mol. The first-order valence-corrected chi connectivity index (χ1v) is 17.5. The molecule has 0 spiro atoms. The molecule has 4 N–H and O–H groups in total. The molecule has 5 aliphatic rings. The lowest BCUT2D eigenvalue weighted by Crippen LogP contribution is -2.65. The number of carbonyl (C=O) groups is 1. The predicted octanol–water partition coefficient (Wildman–Crippen LogP) is 5.81. The lowest BCUT2D eigenvalue weighted by atomic mass is 9.34. The van der Waals surface area contributed by atoms with E-state index in [2.05, 4.69) is 68.4 Å². The fourth-order valence-electron chi connectivity index (χ4n) is 11.7. The highest BCUT2D eigenvalue weighted by molar-refractivity contribution is 5.84. The molecule has 0 bridgehead atoms. The first-order valence-electron chi connectivity index (χ1n) is 17.5. The van der Waals surface area contributed by atoms with Crippen LogP contribution >= 0.6 is 0 Å². The van der Waals surface area contributed by atoms with Crippen LogP contribution in [0.15, 0.2) is 11.6 Å². The van der Waals surface area contributed by atoms with Crippen molar-refractivity contribution < 1.29 is 34.7 Å². The largest absolute Gasteiger partial charge is 0.394 e. The topological polar surface area (TPSA) is 116 Å². The Morgan fingerprint density at radius 1 is 0.955 bits per heavy atom. The van der Waals surface area contributed by atoms with E-state index in [-0.39, 0.29) is 33.5 Å². The Bertz CT molecular complexity index is 1110. The Balaban J connectivity index is 1.49. The summed E-state index contributed by atoms with van der Waals surface area (Å²) in [7, 11) is 0. The van der Waals surface area contributed by atoms with Crippen molar-refractivity contribution in [3.63, 3.8) is 0 Å². The number of hydrogen-bond donors (Lipinski definition) is 4. The van der Waals surface area contributed by atoms with Crippen LogP contribution in [0.25, 0.3) is 0 Å². The minimum absolute atomic E-state index is 0.0339. The zero-order valence-corrected chi connectivity index (χ0v) is 28.9. The molecule has 5 rings (SSSR count). The summed E-state index contributed by atoms with van der Waals surface area (Å²) in [5.41, 5.74) is 0.641. The van der Waals surface area contributed by atoms with E-state index >= 15 is 0 Å². The van der Waals surface area contributed by atoms with Gasteiger partial charge in [-0.3, -0.25) is 4.79 Å². The summed E-state index contributed by atoms with van der Waals surface area (Å²) in [5.74, 6) is 1.78. The van der Waals surface area contributed by atoms with Gasteiger partial charge in [0.05, 0.1) is 12.2 Å². The second-order valence-corrected chi connectivity index (χ2v) is 17.5. The average molecular weight is 619 g/mol. The molecule has 252 valence electrons. The summed E-state index contributed by atoms with van der Waals surface area (Å²) >= 11 is 0. The molecular weight excluding hydrogens is 556 g/mol. The number of ketones is 1. The summed E-state index contributed by atoms with van der Waals surface area (Å²) in [5, 5.41) is 41.7. The predicted molar refractivity (Wildman–Crippen MR) is 170 cm³/mol. The summed E-state index contributed by atoms with van der Waals surface area (Å²) < 4.78 is 12.6. The highest BCUT2D eigenvalue weighted by atomic mass is 16.7. The lowest BCUT2D eigenvalue weighted by Gasteiger charge is -2.69. The van der Waals surface area contributed by atoms with Crippen molar-refractivity contribution in [1.82, 2.24) is 0 Å². The maximum absolute atomic E-state index is 14.7. The molecule has 44 heavy (non-hydrogen) atoms. The number of rotatable bonds is 7. The lowest BCUT2D eigenvalue weighted by molar-refractivity contribution is -0.333. The maximum atomic E-state index is 14.7. The number of hydrogen-bond acceptors (Lipinski definition) is 7. The summed E-state index contributed by atoms with van der Waals surface area (Å²) in [6, 6.07) is 0. The molecule has 6 unspecified atom stereocenters. The van der Waals surface area contributed by atoms with Gasteiger partial charge in [-0.05, 0) is 117 Å². The molecule has 7 heteroatoms. The molecule has 0 aromatic rings. The molecule has 4 saturated carbocycles. The van der Waals surface area contributed by atoms with E-state index in [9.17, 15) is 25.2 Å². The number of Topliss-reactive ketones (excluding diaryl/α,β-unsaturated/α-hetero) is 1. The van der Waals surface area contributed by atoms with E-state index in [4.69, 9.17) is 9.47 Å². The number of fused-ring (bicyclic) bond motifs is 5. The number of allylic oxidation sites excluding steroid dienone is 2. The molecular formula is C37H62O7. The van der Waals surface area contributed by atoms with Gasteiger partial charge in [0, 0.05) is 12.3 Å². The minimum Gasteiger partial charge on any atom is -0.394 e. The van der Waals surface area contributed by atoms with Crippen LogP contribution in [0.2, 0.25) is 0 Å². The van der Waals surface area contributed by atoms with Crippen LogP contribution in [0.1, 0.15) is 120 Å². The highest BCUT2D eigenvalue weighted by Gasteiger charge is 2.71. The van der Waals surface area contributed by atoms with Crippen molar-refractivity contribution in [1.29, 1.82) is 0 Å². The molecule has 4 aliphatic carbocycles. The number of aliphatic hydroxyl groups excluding tert-OH is 4. The number of carbonyl (C=O) groups excluding carboxylic acids is 1. The SMILES string of the molecule is CC(C)=CCC[C@](C)(O[C@@H]1OC(CO)[C@@H](O)[C@H](O)C1O)C1CC[C@]2(C)C1C(=O)CC1[C@@]3(C)CC[C@H](C)C(C)(C)C3CC[C@]12C. The van der Waals surface area contributed by atoms with E-state index in [1.54, 1.807) is 0 Å². The zero-order valence-electron chi connectivity index (χ0n) is 28.9. The van der Waals surface area contributed by atoms with Crippen LogP contribution in [0.5, 0.6) is 0 Å². The van der Waals surface area contributed by atoms with Gasteiger partial charge in [0.2, 0.25) is 0 Å². The van der Waals surface area contributed by atoms with Crippen LogP contribution in [-0.2, 0) is 14.3 Å². The summed E-state index contributed by atoms with van der Waals surface area (Å²) in [6.07, 6.45) is 4.06. The Labute approximate surface area is 266 Å². The van der Waals surface area contributed by atoms with Gasteiger partial charge < -0.3 is 29.9 Å². The van der Waals surface area contributed by atoms with Gasteiger partial charge in [0.25, 0.3) is 0 Å². The molecule has 1 aliphatic heterocycles. The van der Waals surface area contributed by atoms with E-state index in [0.29, 0.717) is 36.4 Å². The van der Waals surface area contributed by atoms with Crippen molar-refractivity contribution in [3.05, 3.63) is 11.6 Å². The number of aliphatic hydroxyl groups is 4. The summed E-state index contributed by atoms with van der Waals surface area (Å²) in [4.78, 5) is 14.7. The van der Waals surface area contributed by atoms with Gasteiger partial charge in [-0.2, -0.15) is 0 Å². The second-order valence-electron chi connectivity index (χ2n) is 17.5. The van der Waals surface area contributed by atoms with E-state index < -0.39 is 42.9 Å². The maximum Gasteiger partial charge on any atom is 0.187 e. The minimum atomic E-state index is -1.50. The van der Waals surface area contributed by atoms with Gasteiger partial charge in [-0.15, -0.1) is 0 Å². The quantitative estimate of drug-likeness (QED) is 0.266. The fraction of sp³-hybridized carbons (Fsp3) is 0.919. The second kappa shape index (κ2) is 11.7. The first kappa shape index (κ1) is 34.5. The third-order valence-electron chi connectivity index (χ3n) is 14.9. The van der Waals surface area contributed by atoms with Gasteiger partial charge in [-0.25, -0.2) is 0 Å². The van der Waals surface area contributed by atoms with Gasteiger partial charge in [-0.1, -0.05) is 53.2 Å². The molecule has 0 amide bonds. The van der Waals surface area contributed by atoms with E-state index in [0.717, 1.165) is 25.7 Å². The van der Waals surface area contributed by atoms with Crippen LogP contribution in [0.3, 0.4) is 0 Å². The van der Waals surface area contributed by atoms with Crippen molar-refractivity contribution in [2.75, 3.05) is 6.61 Å². The Morgan fingerprint density at radius 2 is 1.61 bits per heavy atom. The van der Waals surface area contributed by atoms with Crippen molar-refractivity contribution in [2.45, 2.75) is 156 Å². The Morgan fingerprint density at radius 3 is 2.25 bits per heavy atom. The summed E-state index contributed by atoms with van der Waals surface area (Å²) in [6.45, 7) is 20.5. The fourth-order valence-corrected chi connectivity index (χ4v) is 11.7. The van der Waals surface area contributed by atoms with Crippen LogP contribution in [0, 0.1) is 51.2 Å². The molecule has 5 fully saturated rings. The smallest absolute Gasteiger partial charge is 0.187 e. The van der Waals surface area contributed by atoms with E-state index in [1.807, 2.05) is 0 Å². The standard InChI is InChI=1S/C37H62O7/c1-21(2)11-10-15-37(9,44-32-31(42)30(41)29(40)25(20-38)43-32)23-13-17-36(8)28(23)24(39)19-27-34(6)16-12-22(3)33(4,5)26(34)14-18-35(27,36)7/h11,22-23,25-32,38,40-42H,10,12-20H2,1-9H3/t22-,23?,25?,26?,27?,28?,29+,30-,31?,32-,34-,35+,36+,37-/m0/s1. The first-order chi connectivity index (χ1) is 20.4. The van der Waals surface area contributed by atoms with Crippen LogP contribution in [0.4, 0.5) is 0 Å². The molecule has 0 aromatic carbocycles. The Hall–Kier alpha value is -0.830. The molecule has 1 saturated heterocycles. The van der Waals surface area contributed by atoms with Gasteiger partial charge in [0.15, 0.2) is 6.29 Å². The third kappa shape index (κ3) is 5.10. The van der Waals surface area contributed by atoms with Crippen molar-refractivity contribution in [2.24, 2.45) is 51.2 Å². The number of ether oxygens (including phenoxy) is 2.